The van der Waals surface area contributed by atoms with Crippen molar-refractivity contribution in [3.8, 4) is 5.88 Å². The molecule has 0 fully saturated rings. The van der Waals surface area contributed by atoms with Gasteiger partial charge in [-0.1, -0.05) is 6.92 Å². The number of ether oxygens (including phenoxy) is 1. The molecular weight excluding hydrogens is 276 g/mol. The minimum Gasteiger partial charge on any atom is -0.481 e. The van der Waals surface area contributed by atoms with Crippen LogP contribution in [0.3, 0.4) is 0 Å². The molecule has 1 heterocycles. The lowest BCUT2D eigenvalue weighted by Gasteiger charge is -2.10. The van der Waals surface area contributed by atoms with E-state index in [1.165, 1.54) is 7.11 Å². The molecule has 1 rings (SSSR count). The molecule has 0 aromatic carbocycles. The lowest BCUT2D eigenvalue weighted by molar-refractivity contribution is 0.397. The zero-order valence-electron chi connectivity index (χ0n) is 10.4. The van der Waals surface area contributed by atoms with Gasteiger partial charge >= 0.3 is 0 Å². The van der Waals surface area contributed by atoms with Crippen molar-refractivity contribution >= 4 is 21.6 Å². The summed E-state index contributed by atoms with van der Waals surface area (Å²) in [6.45, 7) is 2.01. The van der Waals surface area contributed by atoms with E-state index in [-0.39, 0.29) is 18.2 Å². The summed E-state index contributed by atoms with van der Waals surface area (Å²) in [7, 11) is -1.79. The number of nitrogens with zero attached hydrogens (tertiary/aromatic N) is 1. The Kier molecular flexibility index (Phi) is 5.84. The predicted molar refractivity (Wildman–Crippen MR) is 71.3 cm³/mol. The van der Waals surface area contributed by atoms with E-state index in [4.69, 9.17) is 16.3 Å². The average molecular weight is 293 g/mol. The van der Waals surface area contributed by atoms with Crippen molar-refractivity contribution in [2.75, 3.05) is 18.7 Å². The van der Waals surface area contributed by atoms with Crippen LogP contribution in [-0.2, 0) is 16.6 Å². The van der Waals surface area contributed by atoms with E-state index in [2.05, 4.69) is 9.71 Å². The summed E-state index contributed by atoms with van der Waals surface area (Å²) in [4.78, 5) is 3.95. The van der Waals surface area contributed by atoms with Gasteiger partial charge in [-0.15, -0.1) is 11.6 Å². The number of sulfonamides is 1. The number of methoxy groups -OCH3 is 1. The molecule has 102 valence electrons. The molecule has 7 heteroatoms. The van der Waals surface area contributed by atoms with Crippen molar-refractivity contribution in [3.05, 3.63) is 23.9 Å². The van der Waals surface area contributed by atoms with Gasteiger partial charge in [0.05, 0.1) is 12.9 Å². The molecule has 0 aliphatic carbocycles. The molecule has 0 spiro atoms. The number of halogens is 1. The van der Waals surface area contributed by atoms with Gasteiger partial charge in [0.1, 0.15) is 0 Å². The minimum atomic E-state index is -3.31. The standard InChI is InChI=1S/C11H17ClN2O3S/c1-9(6-12)8-18(15,16)14-7-10-3-4-13-11(5-10)17-2/h3-5,9,14H,6-8H2,1-2H3. The number of aromatic nitrogens is 1. The van der Waals surface area contributed by atoms with E-state index in [1.54, 1.807) is 25.3 Å². The predicted octanol–water partition coefficient (Wildman–Crippen LogP) is 1.38. The molecule has 0 amide bonds. The Balaban J connectivity index is 2.58. The molecule has 1 atom stereocenters. The third kappa shape index (κ3) is 5.20. The fourth-order valence-electron chi connectivity index (χ4n) is 1.34. The van der Waals surface area contributed by atoms with Crippen LogP contribution in [0.15, 0.2) is 18.3 Å². The maximum atomic E-state index is 11.7. The largest absolute Gasteiger partial charge is 0.481 e. The minimum absolute atomic E-state index is 0.0265. The maximum absolute atomic E-state index is 11.7. The third-order valence-corrected chi connectivity index (χ3v) is 4.39. The molecule has 0 saturated carbocycles. The second-order valence-corrected chi connectivity index (χ2v) is 6.23. The highest BCUT2D eigenvalue weighted by molar-refractivity contribution is 7.89. The van der Waals surface area contributed by atoms with Crippen molar-refractivity contribution in [2.45, 2.75) is 13.5 Å². The summed E-state index contributed by atoms with van der Waals surface area (Å²) in [5.41, 5.74) is 0.795. The highest BCUT2D eigenvalue weighted by atomic mass is 35.5. The van der Waals surface area contributed by atoms with E-state index in [9.17, 15) is 8.42 Å². The van der Waals surface area contributed by atoms with Crippen LogP contribution in [0.4, 0.5) is 0 Å². The Morgan fingerprint density at radius 3 is 2.89 bits per heavy atom. The van der Waals surface area contributed by atoms with Crippen molar-refractivity contribution in [3.63, 3.8) is 0 Å². The van der Waals surface area contributed by atoms with Crippen molar-refractivity contribution in [2.24, 2.45) is 5.92 Å². The molecule has 1 unspecified atom stereocenters. The molecule has 0 radical (unpaired) electrons. The Morgan fingerprint density at radius 1 is 1.56 bits per heavy atom. The fraction of sp³-hybridized carbons (Fsp3) is 0.545. The van der Waals surface area contributed by atoms with E-state index in [0.29, 0.717) is 11.8 Å². The second-order valence-electron chi connectivity index (χ2n) is 4.07. The van der Waals surface area contributed by atoms with Crippen LogP contribution in [-0.4, -0.2) is 32.1 Å². The summed E-state index contributed by atoms with van der Waals surface area (Å²) in [6.07, 6.45) is 1.57. The van der Waals surface area contributed by atoms with Crippen LogP contribution < -0.4 is 9.46 Å². The van der Waals surface area contributed by atoms with E-state index >= 15 is 0 Å². The van der Waals surface area contributed by atoms with Crippen LogP contribution in [0.1, 0.15) is 12.5 Å². The number of pyridine rings is 1. The number of rotatable bonds is 7. The third-order valence-electron chi connectivity index (χ3n) is 2.27. The van der Waals surface area contributed by atoms with Gasteiger partial charge in [0.15, 0.2) is 0 Å². The molecule has 0 saturated heterocycles. The molecule has 1 aromatic heterocycles. The lowest BCUT2D eigenvalue weighted by Crippen LogP contribution is -2.29. The van der Waals surface area contributed by atoms with Gasteiger partial charge in [-0.3, -0.25) is 0 Å². The number of nitrogens with one attached hydrogen (secondary N) is 1. The summed E-state index contributed by atoms with van der Waals surface area (Å²) < 4.78 is 30.9. The smallest absolute Gasteiger partial charge is 0.213 e. The molecule has 5 nitrogen and oxygen atoms in total. The monoisotopic (exact) mass is 292 g/mol. The average Bonchev–Trinajstić information content (AvgIpc) is 2.36. The fourth-order valence-corrected chi connectivity index (χ4v) is 2.95. The van der Waals surface area contributed by atoms with Crippen molar-refractivity contribution < 1.29 is 13.2 Å². The number of alkyl halides is 1. The van der Waals surface area contributed by atoms with Crippen LogP contribution in [0.2, 0.25) is 0 Å². The first kappa shape index (κ1) is 15.2. The van der Waals surface area contributed by atoms with Gasteiger partial charge in [-0.2, -0.15) is 0 Å². The molecule has 1 aromatic rings. The van der Waals surface area contributed by atoms with E-state index in [0.717, 1.165) is 5.56 Å². The highest BCUT2D eigenvalue weighted by Gasteiger charge is 2.14. The first-order chi connectivity index (χ1) is 8.46. The number of hydrogen-bond donors (Lipinski definition) is 1. The zero-order chi connectivity index (χ0) is 13.6. The Labute approximate surface area is 113 Å². The van der Waals surface area contributed by atoms with Crippen LogP contribution in [0.5, 0.6) is 5.88 Å². The Bertz CT molecular complexity index is 479. The van der Waals surface area contributed by atoms with Gasteiger partial charge < -0.3 is 4.74 Å². The summed E-state index contributed by atoms with van der Waals surface area (Å²) in [5.74, 6) is 0.736. The van der Waals surface area contributed by atoms with E-state index < -0.39 is 10.0 Å². The first-order valence-electron chi connectivity index (χ1n) is 5.49. The van der Waals surface area contributed by atoms with Crippen molar-refractivity contribution in [1.82, 2.24) is 9.71 Å². The first-order valence-corrected chi connectivity index (χ1v) is 7.67. The second kappa shape index (κ2) is 6.92. The summed E-state index contributed by atoms with van der Waals surface area (Å²) in [6, 6.07) is 3.42. The lowest BCUT2D eigenvalue weighted by atomic mass is 10.3. The van der Waals surface area contributed by atoms with Gasteiger partial charge in [-0.25, -0.2) is 18.1 Å². The van der Waals surface area contributed by atoms with E-state index in [1.807, 2.05) is 0 Å². The zero-order valence-corrected chi connectivity index (χ0v) is 12.0. The molecule has 1 N–H and O–H groups in total. The Hall–Kier alpha value is -0.850. The maximum Gasteiger partial charge on any atom is 0.213 e. The quantitative estimate of drug-likeness (QED) is 0.771. The summed E-state index contributed by atoms with van der Waals surface area (Å²) in [5, 5.41) is 0. The van der Waals surface area contributed by atoms with Crippen LogP contribution in [0, 0.1) is 5.92 Å². The molecule has 18 heavy (non-hydrogen) atoms. The summed E-state index contributed by atoms with van der Waals surface area (Å²) >= 11 is 5.60. The topological polar surface area (TPSA) is 68.3 Å². The molecule has 0 aliphatic heterocycles. The van der Waals surface area contributed by atoms with Gasteiger partial charge in [-0.05, 0) is 17.5 Å². The SMILES string of the molecule is COc1cc(CNS(=O)(=O)CC(C)CCl)ccn1. The number of hydrogen-bond acceptors (Lipinski definition) is 4. The van der Waals surface area contributed by atoms with Gasteiger partial charge in [0.25, 0.3) is 0 Å². The van der Waals surface area contributed by atoms with Crippen molar-refractivity contribution in [1.29, 1.82) is 0 Å². The molecule has 0 bridgehead atoms. The van der Waals surface area contributed by atoms with Gasteiger partial charge in [0, 0.05) is 24.7 Å². The van der Waals surface area contributed by atoms with Gasteiger partial charge in [0.2, 0.25) is 15.9 Å². The van der Waals surface area contributed by atoms with Crippen LogP contribution >= 0.6 is 11.6 Å². The van der Waals surface area contributed by atoms with Crippen LogP contribution in [0.25, 0.3) is 0 Å². The normalized spacial score (nSPS) is 13.3. The molecular formula is C11H17ClN2O3S. The molecule has 0 aliphatic rings. The Morgan fingerprint density at radius 2 is 2.28 bits per heavy atom. The highest BCUT2D eigenvalue weighted by Crippen LogP contribution is 2.09.